The second kappa shape index (κ2) is 8.52. The molecule has 0 radical (unpaired) electrons. The quantitative estimate of drug-likeness (QED) is 0.743. The van der Waals surface area contributed by atoms with Crippen molar-refractivity contribution < 1.29 is 4.79 Å². The van der Waals surface area contributed by atoms with Gasteiger partial charge in [-0.2, -0.15) is 0 Å². The SMILES string of the molecule is CCn1c(Cc2ccccc2)nnc1SCC(=O)N1CCCC[C@H]1C. The number of rotatable bonds is 6. The van der Waals surface area contributed by atoms with E-state index in [4.69, 9.17) is 0 Å². The second-order valence-corrected chi connectivity index (χ2v) is 7.47. The van der Waals surface area contributed by atoms with Gasteiger partial charge in [0.25, 0.3) is 0 Å². The maximum atomic E-state index is 12.5. The topological polar surface area (TPSA) is 51.0 Å². The predicted octanol–water partition coefficient (Wildman–Crippen LogP) is 3.38. The van der Waals surface area contributed by atoms with Gasteiger partial charge >= 0.3 is 0 Å². The van der Waals surface area contributed by atoms with Crippen LogP contribution in [0.3, 0.4) is 0 Å². The van der Waals surface area contributed by atoms with Crippen LogP contribution in [0, 0.1) is 0 Å². The van der Waals surface area contributed by atoms with Crippen molar-refractivity contribution in [3.05, 3.63) is 41.7 Å². The molecule has 2 heterocycles. The summed E-state index contributed by atoms with van der Waals surface area (Å²) >= 11 is 1.50. The van der Waals surface area contributed by atoms with Gasteiger partial charge < -0.3 is 9.47 Å². The maximum Gasteiger partial charge on any atom is 0.233 e. The standard InChI is InChI=1S/C19H26N4OS/c1-3-22-17(13-16-10-5-4-6-11-16)20-21-19(22)25-14-18(24)23-12-8-7-9-15(23)2/h4-6,10-11,15H,3,7-9,12-14H2,1-2H3/t15-/m1/s1. The molecule has 0 spiro atoms. The van der Waals surface area contributed by atoms with E-state index in [-0.39, 0.29) is 5.91 Å². The van der Waals surface area contributed by atoms with Crippen molar-refractivity contribution >= 4 is 17.7 Å². The Kier molecular flexibility index (Phi) is 6.13. The molecule has 1 fully saturated rings. The summed E-state index contributed by atoms with van der Waals surface area (Å²) in [6.07, 6.45) is 4.22. The van der Waals surface area contributed by atoms with Crippen LogP contribution in [0.5, 0.6) is 0 Å². The molecule has 1 aliphatic heterocycles. The lowest BCUT2D eigenvalue weighted by Gasteiger charge is -2.33. The van der Waals surface area contributed by atoms with Crippen LogP contribution in [-0.4, -0.2) is 43.9 Å². The van der Waals surface area contributed by atoms with Gasteiger partial charge in [0.15, 0.2) is 5.16 Å². The molecule has 1 aromatic carbocycles. The predicted molar refractivity (Wildman–Crippen MR) is 101 cm³/mol. The van der Waals surface area contributed by atoms with Gasteiger partial charge in [0.2, 0.25) is 5.91 Å². The number of hydrogen-bond acceptors (Lipinski definition) is 4. The zero-order chi connectivity index (χ0) is 17.6. The summed E-state index contributed by atoms with van der Waals surface area (Å²) in [7, 11) is 0. The normalized spacial score (nSPS) is 17.7. The van der Waals surface area contributed by atoms with Gasteiger partial charge in [-0.15, -0.1) is 10.2 Å². The Morgan fingerprint density at radius 2 is 2.04 bits per heavy atom. The molecule has 1 aromatic heterocycles. The molecule has 5 nitrogen and oxygen atoms in total. The van der Waals surface area contributed by atoms with Crippen LogP contribution in [-0.2, 0) is 17.8 Å². The molecule has 1 aliphatic rings. The summed E-state index contributed by atoms with van der Waals surface area (Å²) in [6.45, 7) is 5.94. The molecule has 0 N–H and O–H groups in total. The average Bonchev–Trinajstić information content (AvgIpc) is 3.02. The number of piperidine rings is 1. The van der Waals surface area contributed by atoms with Crippen molar-refractivity contribution in [3.8, 4) is 0 Å². The number of hydrogen-bond donors (Lipinski definition) is 0. The van der Waals surface area contributed by atoms with E-state index in [1.165, 1.54) is 23.7 Å². The van der Waals surface area contributed by atoms with Crippen LogP contribution in [0.2, 0.25) is 0 Å². The zero-order valence-corrected chi connectivity index (χ0v) is 15.8. The monoisotopic (exact) mass is 358 g/mol. The summed E-state index contributed by atoms with van der Waals surface area (Å²) in [6, 6.07) is 10.7. The fourth-order valence-corrected chi connectivity index (χ4v) is 4.24. The number of thioether (sulfide) groups is 1. The minimum atomic E-state index is 0.215. The Morgan fingerprint density at radius 3 is 2.76 bits per heavy atom. The lowest BCUT2D eigenvalue weighted by Crippen LogP contribution is -2.43. The van der Waals surface area contributed by atoms with Gasteiger partial charge in [0, 0.05) is 25.6 Å². The van der Waals surface area contributed by atoms with E-state index in [1.54, 1.807) is 0 Å². The lowest BCUT2D eigenvalue weighted by molar-refractivity contribution is -0.131. The molecule has 0 unspecified atom stereocenters. The summed E-state index contributed by atoms with van der Waals surface area (Å²) in [5, 5.41) is 9.52. The van der Waals surface area contributed by atoms with Crippen LogP contribution in [0.25, 0.3) is 0 Å². The van der Waals surface area contributed by atoms with Crippen LogP contribution < -0.4 is 0 Å². The Labute approximate surface area is 153 Å². The van der Waals surface area contributed by atoms with Crippen molar-refractivity contribution in [2.45, 2.75) is 57.3 Å². The Balaban J connectivity index is 1.63. The zero-order valence-electron chi connectivity index (χ0n) is 15.0. The Bertz CT molecular complexity index is 701. The minimum Gasteiger partial charge on any atom is -0.339 e. The van der Waals surface area contributed by atoms with E-state index < -0.39 is 0 Å². The van der Waals surface area contributed by atoms with E-state index >= 15 is 0 Å². The average molecular weight is 359 g/mol. The molecule has 1 atom stereocenters. The molecule has 2 aromatic rings. The molecule has 1 amide bonds. The number of carbonyl (C=O) groups excluding carboxylic acids is 1. The van der Waals surface area contributed by atoms with E-state index in [0.717, 1.165) is 43.3 Å². The van der Waals surface area contributed by atoms with Crippen LogP contribution in [0.15, 0.2) is 35.5 Å². The highest BCUT2D eigenvalue weighted by Gasteiger charge is 2.23. The Hall–Kier alpha value is -1.82. The fraction of sp³-hybridized carbons (Fsp3) is 0.526. The molecule has 3 rings (SSSR count). The molecule has 25 heavy (non-hydrogen) atoms. The van der Waals surface area contributed by atoms with Crippen molar-refractivity contribution in [2.24, 2.45) is 0 Å². The molecule has 6 heteroatoms. The van der Waals surface area contributed by atoms with Crippen molar-refractivity contribution in [3.63, 3.8) is 0 Å². The minimum absolute atomic E-state index is 0.215. The lowest BCUT2D eigenvalue weighted by atomic mass is 10.0. The number of benzene rings is 1. The number of nitrogens with zero attached hydrogens (tertiary/aromatic N) is 4. The molecule has 0 bridgehead atoms. The van der Waals surface area contributed by atoms with Gasteiger partial charge in [-0.1, -0.05) is 42.1 Å². The number of amides is 1. The summed E-state index contributed by atoms with van der Waals surface area (Å²) < 4.78 is 2.12. The highest BCUT2D eigenvalue weighted by Crippen LogP contribution is 2.22. The molecule has 1 saturated heterocycles. The van der Waals surface area contributed by atoms with Crippen LogP contribution in [0.4, 0.5) is 0 Å². The summed E-state index contributed by atoms with van der Waals surface area (Å²) in [5.41, 5.74) is 1.22. The van der Waals surface area contributed by atoms with Crippen molar-refractivity contribution in [1.29, 1.82) is 0 Å². The van der Waals surface area contributed by atoms with Gasteiger partial charge in [-0.25, -0.2) is 0 Å². The van der Waals surface area contributed by atoms with E-state index in [2.05, 4.69) is 40.7 Å². The molecule has 0 saturated carbocycles. The van der Waals surface area contributed by atoms with Gasteiger partial charge in [-0.3, -0.25) is 4.79 Å². The molecular formula is C19H26N4OS. The number of aromatic nitrogens is 3. The third-order valence-electron chi connectivity index (χ3n) is 4.76. The third kappa shape index (κ3) is 4.42. The van der Waals surface area contributed by atoms with E-state index in [9.17, 15) is 4.79 Å². The maximum absolute atomic E-state index is 12.5. The van der Waals surface area contributed by atoms with E-state index in [0.29, 0.717) is 11.8 Å². The number of likely N-dealkylation sites (tertiary alicyclic amines) is 1. The van der Waals surface area contributed by atoms with E-state index in [1.807, 2.05) is 23.1 Å². The Morgan fingerprint density at radius 1 is 1.24 bits per heavy atom. The van der Waals surface area contributed by atoms with Crippen molar-refractivity contribution in [1.82, 2.24) is 19.7 Å². The van der Waals surface area contributed by atoms with Crippen LogP contribution in [0.1, 0.15) is 44.5 Å². The first kappa shape index (κ1) is 18.0. The smallest absolute Gasteiger partial charge is 0.233 e. The third-order valence-corrected chi connectivity index (χ3v) is 5.71. The number of carbonyl (C=O) groups is 1. The molecule has 134 valence electrons. The van der Waals surface area contributed by atoms with Gasteiger partial charge in [0.1, 0.15) is 5.82 Å². The first-order chi connectivity index (χ1) is 12.2. The highest BCUT2D eigenvalue weighted by molar-refractivity contribution is 7.99. The molecular weight excluding hydrogens is 332 g/mol. The second-order valence-electron chi connectivity index (χ2n) is 6.53. The summed E-state index contributed by atoms with van der Waals surface area (Å²) in [4.78, 5) is 14.5. The van der Waals surface area contributed by atoms with Gasteiger partial charge in [-0.05, 0) is 38.7 Å². The largest absolute Gasteiger partial charge is 0.339 e. The van der Waals surface area contributed by atoms with Crippen LogP contribution >= 0.6 is 11.8 Å². The highest BCUT2D eigenvalue weighted by atomic mass is 32.2. The first-order valence-electron chi connectivity index (χ1n) is 9.07. The van der Waals surface area contributed by atoms with Crippen molar-refractivity contribution in [2.75, 3.05) is 12.3 Å². The molecule has 0 aliphatic carbocycles. The van der Waals surface area contributed by atoms with Gasteiger partial charge in [0.05, 0.1) is 5.75 Å². The fourth-order valence-electron chi connectivity index (χ4n) is 3.33. The first-order valence-corrected chi connectivity index (χ1v) is 10.1. The summed E-state index contributed by atoms with van der Waals surface area (Å²) in [5.74, 6) is 1.61.